The van der Waals surface area contributed by atoms with Crippen molar-refractivity contribution in [3.05, 3.63) is 53.7 Å². The van der Waals surface area contributed by atoms with Crippen LogP contribution in [0, 0.1) is 0 Å². The zero-order valence-electron chi connectivity index (χ0n) is 12.2. The van der Waals surface area contributed by atoms with Gasteiger partial charge in [-0.05, 0) is 17.7 Å². The first-order valence-corrected chi connectivity index (χ1v) is 6.91. The highest BCUT2D eigenvalue weighted by atomic mass is 19.4. The lowest BCUT2D eigenvalue weighted by molar-refractivity contribution is -0.207. The molecule has 3 N–H and O–H groups in total. The molecule has 1 aromatic heterocycles. The van der Waals surface area contributed by atoms with Gasteiger partial charge in [0, 0.05) is 5.56 Å². The van der Waals surface area contributed by atoms with Crippen molar-refractivity contribution in [2.75, 3.05) is 0 Å². The lowest BCUT2D eigenvalue weighted by Gasteiger charge is -2.17. The van der Waals surface area contributed by atoms with Gasteiger partial charge in [-0.25, -0.2) is 4.98 Å². The molecule has 2 unspecified atom stereocenters. The zero-order valence-corrected chi connectivity index (χ0v) is 12.2. The molecule has 0 radical (unpaired) electrons. The second kappa shape index (κ2) is 6.98. The summed E-state index contributed by atoms with van der Waals surface area (Å²) in [4.78, 5) is 14.6. The number of aliphatic hydroxyl groups is 2. The number of hydrogen-bond acceptors (Lipinski definition) is 4. The van der Waals surface area contributed by atoms with Crippen LogP contribution in [0.1, 0.15) is 29.9 Å². The first-order chi connectivity index (χ1) is 11.2. The van der Waals surface area contributed by atoms with Crippen LogP contribution in [-0.4, -0.2) is 32.4 Å². The summed E-state index contributed by atoms with van der Waals surface area (Å²) in [5.41, 5.74) is 0.0342. The minimum atomic E-state index is -4.85. The Kier molecular flexibility index (Phi) is 5.20. The maximum absolute atomic E-state index is 12.6. The molecule has 128 valence electrons. The number of pyridine rings is 1. The molecule has 0 aliphatic carbocycles. The van der Waals surface area contributed by atoms with Gasteiger partial charge in [-0.3, -0.25) is 4.79 Å². The number of rotatable bonds is 5. The van der Waals surface area contributed by atoms with Crippen molar-refractivity contribution in [3.63, 3.8) is 0 Å². The molecule has 2 rings (SSSR count). The van der Waals surface area contributed by atoms with E-state index in [2.05, 4.69) is 4.98 Å². The normalized spacial score (nSPS) is 14.2. The van der Waals surface area contributed by atoms with Crippen LogP contribution in [0.5, 0.6) is 0 Å². The summed E-state index contributed by atoms with van der Waals surface area (Å²) in [6, 6.07) is 9.88. The van der Waals surface area contributed by atoms with Crippen LogP contribution >= 0.6 is 0 Å². The molecule has 5 nitrogen and oxygen atoms in total. The topological polar surface area (TPSA) is 90.7 Å². The molecule has 8 heteroatoms. The fourth-order valence-corrected chi connectivity index (χ4v) is 2.22. The van der Waals surface area contributed by atoms with E-state index in [4.69, 9.17) is 5.11 Å². The summed E-state index contributed by atoms with van der Waals surface area (Å²) >= 11 is 0. The van der Waals surface area contributed by atoms with Gasteiger partial charge in [-0.1, -0.05) is 30.3 Å². The Morgan fingerprint density at radius 2 is 1.75 bits per heavy atom. The van der Waals surface area contributed by atoms with Crippen LogP contribution in [0.2, 0.25) is 0 Å². The predicted molar refractivity (Wildman–Crippen MR) is 77.9 cm³/mol. The molecule has 0 saturated heterocycles. The predicted octanol–water partition coefficient (Wildman–Crippen LogP) is 2.85. The standard InChI is InChI=1S/C16H14F3NO4/c17-16(18,19)15(24)12-7-3-6-11(20-12)9-4-1-2-5-10(9)13(21)8-14(22)23/h1-7,13,15,21,24H,8H2,(H,22,23). The maximum Gasteiger partial charge on any atom is 0.420 e. The molecular formula is C16H14F3NO4. The fraction of sp³-hybridized carbons (Fsp3) is 0.250. The van der Waals surface area contributed by atoms with E-state index in [0.29, 0.717) is 5.56 Å². The quantitative estimate of drug-likeness (QED) is 0.778. The van der Waals surface area contributed by atoms with Gasteiger partial charge in [0.05, 0.1) is 23.9 Å². The van der Waals surface area contributed by atoms with Gasteiger partial charge in [0.2, 0.25) is 0 Å². The van der Waals surface area contributed by atoms with Crippen molar-refractivity contribution >= 4 is 5.97 Å². The summed E-state index contributed by atoms with van der Waals surface area (Å²) in [6.07, 6.45) is -9.47. The number of alkyl halides is 3. The number of halogens is 3. The zero-order chi connectivity index (χ0) is 17.9. The van der Waals surface area contributed by atoms with Gasteiger partial charge in [-0.15, -0.1) is 0 Å². The number of carbonyl (C=O) groups is 1. The third-order valence-electron chi connectivity index (χ3n) is 3.32. The SMILES string of the molecule is O=C(O)CC(O)c1ccccc1-c1cccc(C(O)C(F)(F)F)n1. The summed E-state index contributed by atoms with van der Waals surface area (Å²) in [5, 5.41) is 28.1. The van der Waals surface area contributed by atoms with Crippen molar-refractivity contribution in [1.82, 2.24) is 4.98 Å². The van der Waals surface area contributed by atoms with Crippen LogP contribution in [0.15, 0.2) is 42.5 Å². The molecule has 24 heavy (non-hydrogen) atoms. The van der Waals surface area contributed by atoms with Crippen molar-refractivity contribution in [1.29, 1.82) is 0 Å². The van der Waals surface area contributed by atoms with E-state index in [1.165, 1.54) is 24.3 Å². The molecule has 0 saturated carbocycles. The summed E-state index contributed by atoms with van der Waals surface area (Å²) in [5.74, 6) is -1.22. The summed E-state index contributed by atoms with van der Waals surface area (Å²) < 4.78 is 37.9. The third-order valence-corrected chi connectivity index (χ3v) is 3.32. The molecule has 0 aliphatic heterocycles. The molecule has 2 aromatic rings. The van der Waals surface area contributed by atoms with E-state index in [0.717, 1.165) is 6.07 Å². The van der Waals surface area contributed by atoms with E-state index in [1.807, 2.05) is 0 Å². The van der Waals surface area contributed by atoms with Crippen molar-refractivity contribution in [2.24, 2.45) is 0 Å². The molecule has 0 aliphatic rings. The molecule has 0 amide bonds. The van der Waals surface area contributed by atoms with Gasteiger partial charge in [0.1, 0.15) is 0 Å². The maximum atomic E-state index is 12.6. The Balaban J connectivity index is 2.45. The highest BCUT2D eigenvalue weighted by Gasteiger charge is 2.40. The first kappa shape index (κ1) is 17.9. The second-order valence-corrected chi connectivity index (χ2v) is 5.09. The van der Waals surface area contributed by atoms with E-state index in [-0.39, 0.29) is 11.3 Å². The van der Waals surface area contributed by atoms with Crippen LogP contribution in [0.3, 0.4) is 0 Å². The third kappa shape index (κ3) is 4.09. The minimum Gasteiger partial charge on any atom is -0.481 e. The van der Waals surface area contributed by atoms with Crippen LogP contribution in [0.4, 0.5) is 13.2 Å². The highest BCUT2D eigenvalue weighted by Crippen LogP contribution is 2.34. The number of aromatic nitrogens is 1. The Bertz CT molecular complexity index is 733. The lowest BCUT2D eigenvalue weighted by Crippen LogP contribution is -2.21. The Morgan fingerprint density at radius 1 is 1.08 bits per heavy atom. The van der Waals surface area contributed by atoms with E-state index < -0.39 is 36.5 Å². The average Bonchev–Trinajstić information content (AvgIpc) is 2.52. The van der Waals surface area contributed by atoms with Gasteiger partial charge < -0.3 is 15.3 Å². The van der Waals surface area contributed by atoms with Gasteiger partial charge >= 0.3 is 12.1 Å². The monoisotopic (exact) mass is 341 g/mol. The summed E-state index contributed by atoms with van der Waals surface area (Å²) in [7, 11) is 0. The molecule has 0 fully saturated rings. The lowest BCUT2D eigenvalue weighted by atomic mass is 9.97. The number of aliphatic hydroxyl groups excluding tert-OH is 2. The molecule has 1 aromatic carbocycles. The largest absolute Gasteiger partial charge is 0.481 e. The van der Waals surface area contributed by atoms with E-state index in [1.54, 1.807) is 12.1 Å². The molecule has 0 bridgehead atoms. The molecule has 0 spiro atoms. The molecule has 1 heterocycles. The van der Waals surface area contributed by atoms with Crippen molar-refractivity contribution < 1.29 is 33.3 Å². The van der Waals surface area contributed by atoms with Crippen LogP contribution < -0.4 is 0 Å². The number of carboxylic acid groups (broad SMARTS) is 1. The van der Waals surface area contributed by atoms with Crippen LogP contribution in [-0.2, 0) is 4.79 Å². The van der Waals surface area contributed by atoms with Gasteiger partial charge in [-0.2, -0.15) is 13.2 Å². The van der Waals surface area contributed by atoms with E-state index in [9.17, 15) is 28.2 Å². The number of benzene rings is 1. The number of aliphatic carboxylic acids is 1. The summed E-state index contributed by atoms with van der Waals surface area (Å²) in [6.45, 7) is 0. The second-order valence-electron chi connectivity index (χ2n) is 5.09. The van der Waals surface area contributed by atoms with Crippen molar-refractivity contribution in [2.45, 2.75) is 24.8 Å². The van der Waals surface area contributed by atoms with Gasteiger partial charge in [0.25, 0.3) is 0 Å². The average molecular weight is 341 g/mol. The molecule has 2 atom stereocenters. The van der Waals surface area contributed by atoms with Crippen LogP contribution in [0.25, 0.3) is 11.3 Å². The Labute approximate surface area is 135 Å². The van der Waals surface area contributed by atoms with Gasteiger partial charge in [0.15, 0.2) is 6.10 Å². The van der Waals surface area contributed by atoms with Crippen molar-refractivity contribution in [3.8, 4) is 11.3 Å². The number of hydrogen-bond donors (Lipinski definition) is 3. The highest BCUT2D eigenvalue weighted by molar-refractivity contribution is 5.70. The number of carboxylic acids is 1. The Hall–Kier alpha value is -2.45. The molecular weight excluding hydrogens is 327 g/mol. The number of nitrogens with zero attached hydrogens (tertiary/aromatic N) is 1. The smallest absolute Gasteiger partial charge is 0.420 e. The Morgan fingerprint density at radius 3 is 2.38 bits per heavy atom. The first-order valence-electron chi connectivity index (χ1n) is 6.91. The minimum absolute atomic E-state index is 0.0934. The fourth-order valence-electron chi connectivity index (χ4n) is 2.22. The van der Waals surface area contributed by atoms with E-state index >= 15 is 0 Å².